The van der Waals surface area contributed by atoms with Crippen LogP contribution in [0.25, 0.3) is 5.65 Å². The predicted octanol–water partition coefficient (Wildman–Crippen LogP) is 1.59. The summed E-state index contributed by atoms with van der Waals surface area (Å²) in [7, 11) is 0. The fourth-order valence-electron chi connectivity index (χ4n) is 1.48. The fourth-order valence-corrected chi connectivity index (χ4v) is 1.68. The quantitative estimate of drug-likeness (QED) is 0.904. The summed E-state index contributed by atoms with van der Waals surface area (Å²) in [5.41, 5.74) is 0.355. The van der Waals surface area contributed by atoms with E-state index in [2.05, 4.69) is 4.98 Å². The SMILES string of the molecule is CCOCc1cc(=O)n2cc(Cl)cc(O)c2n1. The number of pyridine rings is 1. The minimum absolute atomic E-state index is 0.132. The number of rotatable bonds is 3. The number of nitrogens with zero attached hydrogens (tertiary/aromatic N) is 2. The van der Waals surface area contributed by atoms with E-state index in [9.17, 15) is 9.90 Å². The van der Waals surface area contributed by atoms with Crippen LogP contribution in [-0.4, -0.2) is 21.1 Å². The Kier molecular flexibility index (Phi) is 3.31. The van der Waals surface area contributed by atoms with Gasteiger partial charge >= 0.3 is 0 Å². The Morgan fingerprint density at radius 1 is 1.53 bits per heavy atom. The van der Waals surface area contributed by atoms with Crippen LogP contribution in [0.5, 0.6) is 5.75 Å². The Hall–Kier alpha value is -1.59. The number of hydrogen-bond donors (Lipinski definition) is 1. The van der Waals surface area contributed by atoms with Gasteiger partial charge in [0.25, 0.3) is 5.56 Å². The minimum atomic E-state index is -0.303. The maximum Gasteiger partial charge on any atom is 0.258 e. The minimum Gasteiger partial charge on any atom is -0.504 e. The second-order valence-corrected chi connectivity index (χ2v) is 3.90. The van der Waals surface area contributed by atoms with Gasteiger partial charge in [0.2, 0.25) is 0 Å². The molecule has 0 aliphatic rings. The highest BCUT2D eigenvalue weighted by Crippen LogP contribution is 2.20. The summed E-state index contributed by atoms with van der Waals surface area (Å²) in [6.45, 7) is 2.63. The Balaban J connectivity index is 2.61. The number of hydrogen-bond acceptors (Lipinski definition) is 4. The number of aromatic hydroxyl groups is 1. The first-order valence-electron chi connectivity index (χ1n) is 5.10. The summed E-state index contributed by atoms with van der Waals surface area (Å²) >= 11 is 5.75. The van der Waals surface area contributed by atoms with E-state index in [1.807, 2.05) is 6.92 Å². The molecule has 2 rings (SSSR count). The van der Waals surface area contributed by atoms with Gasteiger partial charge in [0.15, 0.2) is 11.4 Å². The largest absolute Gasteiger partial charge is 0.504 e. The van der Waals surface area contributed by atoms with Gasteiger partial charge in [-0.2, -0.15) is 0 Å². The normalized spacial score (nSPS) is 10.9. The van der Waals surface area contributed by atoms with E-state index < -0.39 is 0 Å². The maximum atomic E-state index is 11.8. The molecule has 0 bridgehead atoms. The van der Waals surface area contributed by atoms with Crippen LogP contribution >= 0.6 is 11.6 Å². The van der Waals surface area contributed by atoms with Crippen molar-refractivity contribution in [3.8, 4) is 5.75 Å². The molecule has 0 amide bonds. The van der Waals surface area contributed by atoms with Crippen LogP contribution in [0.1, 0.15) is 12.6 Å². The first-order chi connectivity index (χ1) is 8.11. The molecule has 2 heterocycles. The van der Waals surface area contributed by atoms with E-state index in [1.54, 1.807) is 0 Å². The smallest absolute Gasteiger partial charge is 0.258 e. The average Bonchev–Trinajstić information content (AvgIpc) is 2.28. The molecule has 0 fully saturated rings. The zero-order valence-corrected chi connectivity index (χ0v) is 9.94. The highest BCUT2D eigenvalue weighted by molar-refractivity contribution is 6.30. The first kappa shape index (κ1) is 11.9. The molecule has 0 unspecified atom stereocenters. The van der Waals surface area contributed by atoms with Gasteiger partial charge in [0.05, 0.1) is 17.3 Å². The molecule has 90 valence electrons. The van der Waals surface area contributed by atoms with Gasteiger partial charge in [-0.15, -0.1) is 0 Å². The summed E-state index contributed by atoms with van der Waals surface area (Å²) in [6, 6.07) is 2.70. The first-order valence-corrected chi connectivity index (χ1v) is 5.48. The van der Waals surface area contributed by atoms with Crippen LogP contribution in [0, 0.1) is 0 Å². The molecule has 0 atom stereocenters. The van der Waals surface area contributed by atoms with E-state index in [0.717, 1.165) is 0 Å². The van der Waals surface area contributed by atoms with E-state index in [1.165, 1.54) is 22.7 Å². The van der Waals surface area contributed by atoms with Crippen molar-refractivity contribution < 1.29 is 9.84 Å². The Labute approximate surface area is 102 Å². The molecule has 2 aromatic heterocycles. The molecule has 1 N–H and O–H groups in total. The van der Waals surface area contributed by atoms with Crippen molar-refractivity contribution in [1.29, 1.82) is 0 Å². The average molecular weight is 255 g/mol. The summed E-state index contributed by atoms with van der Waals surface area (Å²) in [4.78, 5) is 15.9. The van der Waals surface area contributed by atoms with Crippen LogP contribution in [0.4, 0.5) is 0 Å². The van der Waals surface area contributed by atoms with E-state index in [4.69, 9.17) is 16.3 Å². The molecule has 0 aromatic carbocycles. The van der Waals surface area contributed by atoms with Crippen molar-refractivity contribution in [3.05, 3.63) is 39.4 Å². The summed E-state index contributed by atoms with van der Waals surface area (Å²) < 4.78 is 6.37. The number of aromatic nitrogens is 2. The lowest BCUT2D eigenvalue weighted by atomic mass is 10.3. The van der Waals surface area contributed by atoms with Crippen LogP contribution in [0.3, 0.4) is 0 Å². The van der Waals surface area contributed by atoms with Gasteiger partial charge in [0, 0.05) is 24.9 Å². The Morgan fingerprint density at radius 3 is 3.00 bits per heavy atom. The second kappa shape index (κ2) is 4.73. The number of halogens is 1. The molecule has 0 aliphatic carbocycles. The lowest BCUT2D eigenvalue weighted by Crippen LogP contribution is -2.16. The lowest BCUT2D eigenvalue weighted by Gasteiger charge is -2.06. The zero-order valence-electron chi connectivity index (χ0n) is 9.18. The monoisotopic (exact) mass is 254 g/mol. The summed E-state index contributed by atoms with van der Waals surface area (Å²) in [6.07, 6.45) is 1.41. The maximum absolute atomic E-state index is 11.8. The molecule has 0 saturated carbocycles. The van der Waals surface area contributed by atoms with Gasteiger partial charge in [-0.3, -0.25) is 9.20 Å². The highest BCUT2D eigenvalue weighted by Gasteiger charge is 2.07. The van der Waals surface area contributed by atoms with Gasteiger partial charge in [0.1, 0.15) is 0 Å². The number of fused-ring (bicyclic) bond motifs is 1. The van der Waals surface area contributed by atoms with Crippen molar-refractivity contribution in [2.45, 2.75) is 13.5 Å². The second-order valence-electron chi connectivity index (χ2n) is 3.46. The molecule has 5 nitrogen and oxygen atoms in total. The topological polar surface area (TPSA) is 63.8 Å². The van der Waals surface area contributed by atoms with Crippen LogP contribution < -0.4 is 5.56 Å². The van der Waals surface area contributed by atoms with Crippen molar-refractivity contribution >= 4 is 17.2 Å². The Bertz CT molecular complexity index is 609. The van der Waals surface area contributed by atoms with Gasteiger partial charge in [-0.25, -0.2) is 4.98 Å². The van der Waals surface area contributed by atoms with Crippen molar-refractivity contribution in [3.63, 3.8) is 0 Å². The van der Waals surface area contributed by atoms with E-state index in [-0.39, 0.29) is 28.6 Å². The molecule has 17 heavy (non-hydrogen) atoms. The molecule has 0 saturated heterocycles. The van der Waals surface area contributed by atoms with Gasteiger partial charge in [-0.1, -0.05) is 11.6 Å². The molecule has 6 heteroatoms. The lowest BCUT2D eigenvalue weighted by molar-refractivity contribution is 0.131. The van der Waals surface area contributed by atoms with Gasteiger partial charge in [-0.05, 0) is 6.92 Å². The van der Waals surface area contributed by atoms with Gasteiger partial charge < -0.3 is 9.84 Å². The van der Waals surface area contributed by atoms with Crippen molar-refractivity contribution in [1.82, 2.24) is 9.38 Å². The molecular weight excluding hydrogens is 244 g/mol. The van der Waals surface area contributed by atoms with Crippen LogP contribution in [0.2, 0.25) is 5.02 Å². The standard InChI is InChI=1S/C11H11ClN2O3/c1-2-17-6-8-4-10(16)14-5-7(12)3-9(15)11(14)13-8/h3-5,15H,2,6H2,1H3. The van der Waals surface area contributed by atoms with E-state index >= 15 is 0 Å². The zero-order chi connectivity index (χ0) is 12.4. The van der Waals surface area contributed by atoms with E-state index in [0.29, 0.717) is 12.3 Å². The Morgan fingerprint density at radius 2 is 2.29 bits per heavy atom. The van der Waals surface area contributed by atoms with Crippen molar-refractivity contribution in [2.24, 2.45) is 0 Å². The molecule has 2 aromatic rings. The summed E-state index contributed by atoms with van der Waals surface area (Å²) in [5, 5.41) is 9.95. The van der Waals surface area contributed by atoms with Crippen LogP contribution in [0.15, 0.2) is 23.1 Å². The third-order valence-electron chi connectivity index (χ3n) is 2.22. The van der Waals surface area contributed by atoms with Crippen molar-refractivity contribution in [2.75, 3.05) is 6.61 Å². The number of ether oxygens (including phenoxy) is 1. The fraction of sp³-hybridized carbons (Fsp3) is 0.273. The third kappa shape index (κ3) is 2.40. The molecule has 0 spiro atoms. The molecular formula is C11H11ClN2O3. The highest BCUT2D eigenvalue weighted by atomic mass is 35.5. The summed E-state index contributed by atoms with van der Waals surface area (Å²) in [5.74, 6) is -0.132. The predicted molar refractivity (Wildman–Crippen MR) is 63.5 cm³/mol. The molecule has 0 aliphatic heterocycles. The third-order valence-corrected chi connectivity index (χ3v) is 2.42. The molecule has 0 radical (unpaired) electrons. The van der Waals surface area contributed by atoms with Crippen LogP contribution in [-0.2, 0) is 11.3 Å².